The van der Waals surface area contributed by atoms with Gasteiger partial charge in [-0.15, -0.1) is 0 Å². The summed E-state index contributed by atoms with van der Waals surface area (Å²) in [5, 5.41) is 2.70. The average Bonchev–Trinajstić information content (AvgIpc) is 2.19. The van der Waals surface area contributed by atoms with E-state index in [9.17, 15) is 0 Å². The summed E-state index contributed by atoms with van der Waals surface area (Å²) in [4.78, 5) is 2.90. The van der Waals surface area contributed by atoms with Gasteiger partial charge < -0.3 is 10.3 Å². The van der Waals surface area contributed by atoms with Crippen LogP contribution in [0.3, 0.4) is 0 Å². The summed E-state index contributed by atoms with van der Waals surface area (Å²) in [5.41, 5.74) is 2.37. The van der Waals surface area contributed by atoms with Gasteiger partial charge in [0.1, 0.15) is 11.3 Å². The number of hydrogen-bond donors (Lipinski definition) is 2. The highest BCUT2D eigenvalue weighted by molar-refractivity contribution is 7.79. The van der Waals surface area contributed by atoms with Crippen molar-refractivity contribution in [1.29, 1.82) is 0 Å². The molecule has 0 saturated heterocycles. The number of aromatic amines is 1. The lowest BCUT2D eigenvalue weighted by Crippen LogP contribution is -1.89. The Kier molecular flexibility index (Phi) is 1.64. The average molecular weight is 125 g/mol. The van der Waals surface area contributed by atoms with E-state index in [1.165, 1.54) is 0 Å². The van der Waals surface area contributed by atoms with Crippen molar-refractivity contribution in [3.05, 3.63) is 18.3 Å². The van der Waals surface area contributed by atoms with Gasteiger partial charge in [0, 0.05) is 6.20 Å². The van der Waals surface area contributed by atoms with Crippen LogP contribution in [0.2, 0.25) is 0 Å². The van der Waals surface area contributed by atoms with Gasteiger partial charge in [0.25, 0.3) is 0 Å². The summed E-state index contributed by atoms with van der Waals surface area (Å²) in [7, 11) is 0. The number of H-pyrrole nitrogens is 1. The van der Waals surface area contributed by atoms with Gasteiger partial charge >= 0.3 is 0 Å². The smallest absolute Gasteiger partial charge is 0.140 e. The zero-order valence-corrected chi connectivity index (χ0v) is 4.96. The van der Waals surface area contributed by atoms with Crippen molar-refractivity contribution in [3.63, 3.8) is 0 Å². The lowest BCUT2D eigenvalue weighted by atomic mass is 10.6. The summed E-state index contributed by atoms with van der Waals surface area (Å²) < 4.78 is 0. The third-order valence-electron chi connectivity index (χ3n) is 0.784. The van der Waals surface area contributed by atoms with Crippen molar-refractivity contribution in [1.82, 2.24) is 4.98 Å². The van der Waals surface area contributed by atoms with E-state index < -0.39 is 0 Å². The maximum atomic E-state index is 4.42. The highest BCUT2D eigenvalue weighted by atomic mass is 32.1. The third-order valence-corrected chi connectivity index (χ3v) is 0.886. The first kappa shape index (κ1) is 5.31. The van der Waals surface area contributed by atoms with Crippen LogP contribution >= 0.6 is 12.2 Å². The van der Waals surface area contributed by atoms with E-state index in [0.717, 1.165) is 5.82 Å². The van der Waals surface area contributed by atoms with E-state index in [1.54, 1.807) is 0 Å². The van der Waals surface area contributed by atoms with Crippen molar-refractivity contribution in [3.8, 4) is 0 Å². The Hall–Kier alpha value is -0.830. The van der Waals surface area contributed by atoms with E-state index in [0.29, 0.717) is 0 Å². The van der Waals surface area contributed by atoms with Gasteiger partial charge in [-0.25, -0.2) is 0 Å². The molecule has 3 heteroatoms. The highest BCUT2D eigenvalue weighted by Crippen LogP contribution is 1.97. The molecular formula is C5H5N2S. The molecule has 1 rings (SSSR count). The highest BCUT2D eigenvalue weighted by Gasteiger charge is 1.82. The van der Waals surface area contributed by atoms with Gasteiger partial charge in [-0.2, -0.15) is 0 Å². The van der Waals surface area contributed by atoms with Gasteiger partial charge in [-0.3, -0.25) is 0 Å². The predicted octanol–water partition coefficient (Wildman–Crippen LogP) is 1.26. The van der Waals surface area contributed by atoms with Gasteiger partial charge in [0.05, 0.1) is 0 Å². The first-order valence-electron chi connectivity index (χ1n) is 2.20. The van der Waals surface area contributed by atoms with Crippen molar-refractivity contribution in [2.24, 2.45) is 0 Å². The van der Waals surface area contributed by atoms with Crippen molar-refractivity contribution in [2.45, 2.75) is 0 Å². The van der Waals surface area contributed by atoms with Crippen LogP contribution in [0.15, 0.2) is 18.3 Å². The van der Waals surface area contributed by atoms with E-state index in [-0.39, 0.29) is 0 Å². The van der Waals surface area contributed by atoms with Crippen LogP contribution in [0.4, 0.5) is 5.82 Å². The second-order valence-corrected chi connectivity index (χ2v) is 1.51. The molecule has 0 spiro atoms. The van der Waals surface area contributed by atoms with Crippen LogP contribution in [-0.2, 0) is 0 Å². The summed E-state index contributed by atoms with van der Waals surface area (Å²) in [6.45, 7) is 0. The molecule has 0 amide bonds. The Labute approximate surface area is 52.9 Å². The predicted molar refractivity (Wildman–Crippen MR) is 37.0 cm³/mol. The fourth-order valence-corrected chi connectivity index (χ4v) is 0.573. The van der Waals surface area contributed by atoms with Crippen LogP contribution < -0.4 is 5.32 Å². The summed E-state index contributed by atoms with van der Waals surface area (Å²) in [5.74, 6) is 0.875. The number of nitrogens with one attached hydrogen (secondary N) is 2. The fraction of sp³-hybridized carbons (Fsp3) is 0. The molecule has 2 nitrogen and oxygen atoms in total. The maximum absolute atomic E-state index is 4.42. The van der Waals surface area contributed by atoms with Crippen LogP contribution in [-0.4, -0.2) is 10.5 Å². The molecule has 0 aliphatic rings. The fourth-order valence-electron chi connectivity index (χ4n) is 0.463. The number of rotatable bonds is 2. The summed E-state index contributed by atoms with van der Waals surface area (Å²) in [6.07, 6.45) is 1.81. The minimum absolute atomic E-state index is 0.875. The Morgan fingerprint density at radius 1 is 1.75 bits per heavy atom. The monoisotopic (exact) mass is 125 g/mol. The van der Waals surface area contributed by atoms with E-state index in [4.69, 9.17) is 0 Å². The molecule has 2 N–H and O–H groups in total. The number of thiocarbonyl (C=S) groups is 1. The Bertz CT molecular complexity index is 157. The van der Waals surface area contributed by atoms with E-state index >= 15 is 0 Å². The molecule has 1 heterocycles. The molecule has 41 valence electrons. The molecule has 0 aliphatic carbocycles. The molecule has 0 saturated carbocycles. The number of anilines is 1. The number of hydrogen-bond acceptors (Lipinski definition) is 1. The minimum atomic E-state index is 0.875. The lowest BCUT2D eigenvalue weighted by molar-refractivity contribution is 1.41. The first-order chi connectivity index (χ1) is 3.93. The molecule has 0 aliphatic heterocycles. The van der Waals surface area contributed by atoms with Crippen molar-refractivity contribution < 1.29 is 0 Å². The Balaban J connectivity index is 2.62. The first-order valence-corrected chi connectivity index (χ1v) is 2.61. The number of aromatic nitrogens is 1. The normalized spacial score (nSPS) is 8.50. The van der Waals surface area contributed by atoms with Gasteiger partial charge in [0.15, 0.2) is 0 Å². The van der Waals surface area contributed by atoms with Gasteiger partial charge in [0.2, 0.25) is 0 Å². The SMILES string of the molecule is S=[C]Nc1ccc[nH]1. The van der Waals surface area contributed by atoms with Crippen LogP contribution in [0.25, 0.3) is 0 Å². The zero-order valence-electron chi connectivity index (χ0n) is 4.14. The van der Waals surface area contributed by atoms with E-state index in [1.807, 2.05) is 18.3 Å². The molecule has 8 heavy (non-hydrogen) atoms. The van der Waals surface area contributed by atoms with Gasteiger partial charge in [-0.1, -0.05) is 12.2 Å². The van der Waals surface area contributed by atoms with Crippen molar-refractivity contribution >= 4 is 23.5 Å². The van der Waals surface area contributed by atoms with Crippen LogP contribution in [0, 0.1) is 0 Å². The summed E-state index contributed by atoms with van der Waals surface area (Å²) >= 11 is 4.42. The quantitative estimate of drug-likeness (QED) is 0.460. The maximum Gasteiger partial charge on any atom is 0.140 e. The minimum Gasteiger partial charge on any atom is -0.348 e. The van der Waals surface area contributed by atoms with E-state index in [2.05, 4.69) is 28.0 Å². The zero-order chi connectivity index (χ0) is 5.82. The molecule has 1 aromatic heterocycles. The van der Waals surface area contributed by atoms with Gasteiger partial charge in [-0.05, 0) is 12.1 Å². The third kappa shape index (κ3) is 1.07. The second kappa shape index (κ2) is 2.47. The Morgan fingerprint density at radius 2 is 2.62 bits per heavy atom. The largest absolute Gasteiger partial charge is 0.348 e. The summed E-state index contributed by atoms with van der Waals surface area (Å²) in [6, 6.07) is 3.76. The van der Waals surface area contributed by atoms with Crippen LogP contribution in [0.1, 0.15) is 0 Å². The molecule has 0 unspecified atom stereocenters. The second-order valence-electron chi connectivity index (χ2n) is 1.31. The molecule has 0 aromatic carbocycles. The topological polar surface area (TPSA) is 27.8 Å². The molecule has 0 bridgehead atoms. The van der Waals surface area contributed by atoms with Crippen LogP contribution in [0.5, 0.6) is 0 Å². The molecule has 0 atom stereocenters. The molecule has 0 fully saturated rings. The molecule has 1 aromatic rings. The lowest BCUT2D eigenvalue weighted by Gasteiger charge is -1.87. The molecular weight excluding hydrogens is 120 g/mol. The molecule has 1 radical (unpaired) electrons. The Morgan fingerprint density at radius 3 is 3.12 bits per heavy atom. The standard InChI is InChI=1S/C5H5N2S/c8-4-7-5-2-1-3-6-5/h1-3,6H,(H,7,8). The van der Waals surface area contributed by atoms with Crippen molar-refractivity contribution in [2.75, 3.05) is 5.32 Å².